The van der Waals surface area contributed by atoms with Crippen LogP contribution in [0.3, 0.4) is 0 Å². The molecule has 0 radical (unpaired) electrons. The molecule has 6 nitrogen and oxygen atoms in total. The van der Waals surface area contributed by atoms with Crippen LogP contribution in [0.5, 0.6) is 11.5 Å². The SMILES string of the molecule is CCCCCCOc1ccc(C(=O)NCCCNC(=O)c2ccc(OCCCCCC)c(Br)c2)cc1Br. The number of amides is 2. The molecule has 0 saturated carbocycles. The maximum absolute atomic E-state index is 12.5. The Balaban J connectivity index is 1.68. The minimum absolute atomic E-state index is 0.157. The summed E-state index contributed by atoms with van der Waals surface area (Å²) in [5.41, 5.74) is 1.12. The van der Waals surface area contributed by atoms with Crippen molar-refractivity contribution in [1.29, 1.82) is 0 Å². The number of halogens is 2. The van der Waals surface area contributed by atoms with Crippen LogP contribution in [0.2, 0.25) is 0 Å². The molecule has 37 heavy (non-hydrogen) atoms. The largest absolute Gasteiger partial charge is 0.492 e. The fourth-order valence-corrected chi connectivity index (χ4v) is 4.62. The van der Waals surface area contributed by atoms with Gasteiger partial charge >= 0.3 is 0 Å². The molecule has 0 aliphatic rings. The lowest BCUT2D eigenvalue weighted by molar-refractivity contribution is 0.0951. The third kappa shape index (κ3) is 11.9. The molecule has 2 N–H and O–H groups in total. The van der Waals surface area contributed by atoms with E-state index in [0.717, 1.165) is 46.1 Å². The van der Waals surface area contributed by atoms with E-state index in [4.69, 9.17) is 9.47 Å². The van der Waals surface area contributed by atoms with Gasteiger partial charge in [0.1, 0.15) is 11.5 Å². The van der Waals surface area contributed by atoms with Crippen molar-refractivity contribution in [2.24, 2.45) is 0 Å². The molecular formula is C29H40Br2N2O4. The van der Waals surface area contributed by atoms with Crippen molar-refractivity contribution in [3.8, 4) is 11.5 Å². The molecule has 0 aliphatic heterocycles. The first kappa shape index (κ1) is 31.2. The number of benzene rings is 2. The fraction of sp³-hybridized carbons (Fsp3) is 0.517. The molecular weight excluding hydrogens is 600 g/mol. The Labute approximate surface area is 238 Å². The molecule has 0 fully saturated rings. The number of carbonyl (C=O) groups excluding carboxylic acids is 2. The highest BCUT2D eigenvalue weighted by Gasteiger charge is 2.11. The molecule has 0 heterocycles. The van der Waals surface area contributed by atoms with Crippen molar-refractivity contribution in [3.63, 3.8) is 0 Å². The number of ether oxygens (including phenoxy) is 2. The molecule has 0 spiro atoms. The minimum Gasteiger partial charge on any atom is -0.492 e. The number of carbonyl (C=O) groups is 2. The average Bonchev–Trinajstić information content (AvgIpc) is 2.89. The number of rotatable bonds is 18. The number of nitrogens with one attached hydrogen (secondary N) is 2. The van der Waals surface area contributed by atoms with Crippen LogP contribution in [0.15, 0.2) is 45.3 Å². The van der Waals surface area contributed by atoms with Crippen molar-refractivity contribution < 1.29 is 19.1 Å². The maximum Gasteiger partial charge on any atom is 0.251 e. The zero-order valence-corrected chi connectivity index (χ0v) is 25.2. The van der Waals surface area contributed by atoms with Crippen LogP contribution < -0.4 is 20.1 Å². The lowest BCUT2D eigenvalue weighted by Gasteiger charge is -2.11. The van der Waals surface area contributed by atoms with E-state index < -0.39 is 0 Å². The van der Waals surface area contributed by atoms with Crippen molar-refractivity contribution in [3.05, 3.63) is 56.5 Å². The Morgan fingerprint density at radius 1 is 0.649 bits per heavy atom. The van der Waals surface area contributed by atoms with Crippen molar-refractivity contribution >= 4 is 43.7 Å². The second kappa shape index (κ2) is 18.2. The summed E-state index contributed by atoms with van der Waals surface area (Å²) in [5.74, 6) is 1.18. The van der Waals surface area contributed by atoms with Crippen molar-refractivity contribution in [2.45, 2.75) is 71.6 Å². The van der Waals surface area contributed by atoms with E-state index in [1.165, 1.54) is 25.7 Å². The lowest BCUT2D eigenvalue weighted by atomic mass is 10.2. The van der Waals surface area contributed by atoms with Crippen molar-refractivity contribution in [1.82, 2.24) is 10.6 Å². The number of hydrogen-bond donors (Lipinski definition) is 2. The minimum atomic E-state index is -0.157. The van der Waals surface area contributed by atoms with Gasteiger partial charge in [-0.15, -0.1) is 0 Å². The molecule has 0 aromatic heterocycles. The van der Waals surface area contributed by atoms with E-state index in [-0.39, 0.29) is 11.8 Å². The van der Waals surface area contributed by atoms with E-state index in [1.807, 2.05) is 12.1 Å². The molecule has 0 unspecified atom stereocenters. The number of unbranched alkanes of at least 4 members (excludes halogenated alkanes) is 6. The van der Waals surface area contributed by atoms with Gasteiger partial charge in [-0.3, -0.25) is 9.59 Å². The zero-order valence-electron chi connectivity index (χ0n) is 22.0. The third-order valence-corrected chi connectivity index (χ3v) is 7.06. The predicted octanol–water partition coefficient (Wildman–Crippen LogP) is 7.68. The van der Waals surface area contributed by atoms with Gasteiger partial charge in [0.2, 0.25) is 0 Å². The van der Waals surface area contributed by atoms with Gasteiger partial charge in [-0.1, -0.05) is 52.4 Å². The van der Waals surface area contributed by atoms with Gasteiger partial charge in [-0.2, -0.15) is 0 Å². The van der Waals surface area contributed by atoms with Gasteiger partial charge in [0.15, 0.2) is 0 Å². The van der Waals surface area contributed by atoms with Crippen LogP contribution in [-0.4, -0.2) is 38.1 Å². The molecule has 2 amide bonds. The topological polar surface area (TPSA) is 76.7 Å². The summed E-state index contributed by atoms with van der Waals surface area (Å²) in [6, 6.07) is 10.7. The summed E-state index contributed by atoms with van der Waals surface area (Å²) in [6.45, 7) is 6.63. The van der Waals surface area contributed by atoms with Gasteiger partial charge in [0.05, 0.1) is 22.2 Å². The molecule has 0 atom stereocenters. The summed E-state index contributed by atoms with van der Waals surface area (Å²) in [7, 11) is 0. The monoisotopic (exact) mass is 638 g/mol. The molecule has 2 aromatic carbocycles. The van der Waals surface area contributed by atoms with E-state index in [2.05, 4.69) is 56.3 Å². The first-order valence-electron chi connectivity index (χ1n) is 13.4. The van der Waals surface area contributed by atoms with Gasteiger partial charge < -0.3 is 20.1 Å². The Morgan fingerprint density at radius 2 is 1.08 bits per heavy atom. The van der Waals surface area contributed by atoms with Gasteiger partial charge in [-0.05, 0) is 87.5 Å². The Bertz CT molecular complexity index is 907. The lowest BCUT2D eigenvalue weighted by Crippen LogP contribution is -2.29. The van der Waals surface area contributed by atoms with Crippen LogP contribution in [0.1, 0.15) is 92.4 Å². The van der Waals surface area contributed by atoms with E-state index in [1.54, 1.807) is 24.3 Å². The summed E-state index contributed by atoms with van der Waals surface area (Å²) >= 11 is 6.99. The maximum atomic E-state index is 12.5. The highest BCUT2D eigenvalue weighted by molar-refractivity contribution is 9.10. The molecule has 0 saturated heterocycles. The molecule has 8 heteroatoms. The summed E-state index contributed by atoms with van der Waals surface area (Å²) in [5, 5.41) is 5.80. The predicted molar refractivity (Wildman–Crippen MR) is 157 cm³/mol. The van der Waals surface area contributed by atoms with Crippen LogP contribution in [0, 0.1) is 0 Å². The van der Waals surface area contributed by atoms with Gasteiger partial charge in [-0.25, -0.2) is 0 Å². The average molecular weight is 640 g/mol. The molecule has 0 bridgehead atoms. The molecule has 2 rings (SSSR count). The Hall–Kier alpha value is -2.06. The normalized spacial score (nSPS) is 10.7. The van der Waals surface area contributed by atoms with E-state index >= 15 is 0 Å². The van der Waals surface area contributed by atoms with Crippen LogP contribution in [0.25, 0.3) is 0 Å². The second-order valence-corrected chi connectivity index (χ2v) is 10.7. The standard InChI is InChI=1S/C29H40Br2N2O4/c1-3-5-7-9-18-36-26-14-12-22(20-24(26)30)28(34)32-16-11-17-33-29(35)23-13-15-27(25(31)21-23)37-19-10-8-6-4-2/h12-15,20-21H,3-11,16-19H2,1-2H3,(H,32,34)(H,33,35). The van der Waals surface area contributed by atoms with Crippen LogP contribution >= 0.6 is 31.9 Å². The third-order valence-electron chi connectivity index (χ3n) is 5.82. The smallest absolute Gasteiger partial charge is 0.251 e. The number of hydrogen-bond acceptors (Lipinski definition) is 4. The Kier molecular flexibility index (Phi) is 15.4. The first-order valence-corrected chi connectivity index (χ1v) is 15.0. The first-order chi connectivity index (χ1) is 18.0. The highest BCUT2D eigenvalue weighted by atomic mass is 79.9. The van der Waals surface area contributed by atoms with E-state index in [0.29, 0.717) is 43.9 Å². The quantitative estimate of drug-likeness (QED) is 0.164. The van der Waals surface area contributed by atoms with Crippen LogP contribution in [0.4, 0.5) is 0 Å². The van der Waals surface area contributed by atoms with Crippen molar-refractivity contribution in [2.75, 3.05) is 26.3 Å². The van der Waals surface area contributed by atoms with Gasteiger partial charge in [0.25, 0.3) is 11.8 Å². The summed E-state index contributed by atoms with van der Waals surface area (Å²) < 4.78 is 13.1. The molecule has 204 valence electrons. The van der Waals surface area contributed by atoms with Crippen LogP contribution in [-0.2, 0) is 0 Å². The Morgan fingerprint density at radius 3 is 1.46 bits per heavy atom. The molecule has 2 aromatic rings. The van der Waals surface area contributed by atoms with E-state index in [9.17, 15) is 9.59 Å². The zero-order chi connectivity index (χ0) is 26.9. The second-order valence-electron chi connectivity index (χ2n) is 8.97. The summed E-state index contributed by atoms with van der Waals surface area (Å²) in [6.07, 6.45) is 9.81. The van der Waals surface area contributed by atoms with Gasteiger partial charge in [0, 0.05) is 24.2 Å². The fourth-order valence-electron chi connectivity index (χ4n) is 3.64. The molecule has 0 aliphatic carbocycles. The summed E-state index contributed by atoms with van der Waals surface area (Å²) in [4.78, 5) is 25.0. The highest BCUT2D eigenvalue weighted by Crippen LogP contribution is 2.27.